The topological polar surface area (TPSA) is 147 Å². The summed E-state index contributed by atoms with van der Waals surface area (Å²) in [5, 5.41) is 13.4. The molecule has 5 N–H and O–H groups in total. The number of carboxylic acid groups (broad SMARTS) is 1. The molecule has 9 nitrogen and oxygen atoms in total. The Morgan fingerprint density at radius 2 is 1.95 bits per heavy atom. The first-order chi connectivity index (χ1) is 8.99. The van der Waals surface area contributed by atoms with Gasteiger partial charge in [-0.1, -0.05) is 0 Å². The number of hydrogen-bond donors (Lipinski definition) is 4. The van der Waals surface area contributed by atoms with Crippen LogP contribution < -0.4 is 16.4 Å². The van der Waals surface area contributed by atoms with Crippen molar-refractivity contribution in [2.45, 2.75) is 18.9 Å². The first-order valence-corrected chi connectivity index (χ1v) is 5.32. The molecule has 3 amide bonds. The summed E-state index contributed by atoms with van der Waals surface area (Å²) < 4.78 is 0. The number of rotatable bonds is 6. The average molecular weight is 267 g/mol. The Kier molecular flexibility index (Phi) is 5.20. The molecule has 0 radical (unpaired) electrons. The van der Waals surface area contributed by atoms with Gasteiger partial charge in [0.2, 0.25) is 5.91 Å². The Bertz CT molecular complexity index is 464. The van der Waals surface area contributed by atoms with E-state index in [0.29, 0.717) is 5.69 Å². The maximum Gasteiger partial charge on any atom is 0.326 e. The van der Waals surface area contributed by atoms with Crippen LogP contribution in [0.25, 0.3) is 0 Å². The summed E-state index contributed by atoms with van der Waals surface area (Å²) in [5.74, 6) is -1.88. The predicted molar refractivity (Wildman–Crippen MR) is 64.0 cm³/mol. The van der Waals surface area contributed by atoms with Crippen molar-refractivity contribution in [1.82, 2.24) is 15.3 Å². The Hall–Kier alpha value is -2.71. The van der Waals surface area contributed by atoms with Gasteiger partial charge in [-0.05, 0) is 6.42 Å². The second-order valence-corrected chi connectivity index (χ2v) is 3.62. The van der Waals surface area contributed by atoms with E-state index < -0.39 is 23.9 Å². The van der Waals surface area contributed by atoms with Crippen molar-refractivity contribution in [1.29, 1.82) is 0 Å². The number of urea groups is 1. The molecule has 0 aliphatic carbocycles. The molecule has 0 fully saturated rings. The Morgan fingerprint density at radius 1 is 1.32 bits per heavy atom. The minimum atomic E-state index is -1.25. The van der Waals surface area contributed by atoms with Crippen LogP contribution in [-0.4, -0.2) is 39.0 Å². The molecule has 0 saturated heterocycles. The first-order valence-electron chi connectivity index (χ1n) is 5.32. The van der Waals surface area contributed by atoms with Crippen LogP contribution in [0.15, 0.2) is 18.7 Å². The molecule has 1 rings (SSSR count). The van der Waals surface area contributed by atoms with Crippen LogP contribution in [0.1, 0.15) is 12.8 Å². The molecule has 1 aromatic rings. The fourth-order valence-electron chi connectivity index (χ4n) is 1.23. The highest BCUT2D eigenvalue weighted by Gasteiger charge is 2.20. The lowest BCUT2D eigenvalue weighted by atomic mass is 10.1. The Balaban J connectivity index is 2.52. The molecule has 0 bridgehead atoms. The van der Waals surface area contributed by atoms with Crippen LogP contribution >= 0.6 is 0 Å². The van der Waals surface area contributed by atoms with Crippen LogP contribution in [0.2, 0.25) is 0 Å². The largest absolute Gasteiger partial charge is 0.480 e. The van der Waals surface area contributed by atoms with Gasteiger partial charge in [0.1, 0.15) is 12.4 Å². The molecule has 0 aliphatic heterocycles. The van der Waals surface area contributed by atoms with Crippen LogP contribution in [0.4, 0.5) is 10.5 Å². The number of aromatic nitrogens is 2. The molecule has 0 unspecified atom stereocenters. The van der Waals surface area contributed by atoms with Crippen LogP contribution in [0.5, 0.6) is 0 Å². The number of hydrogen-bond acceptors (Lipinski definition) is 5. The Morgan fingerprint density at radius 3 is 2.47 bits per heavy atom. The fraction of sp³-hybridized carbons (Fsp3) is 0.300. The van der Waals surface area contributed by atoms with E-state index in [-0.39, 0.29) is 12.8 Å². The van der Waals surface area contributed by atoms with Gasteiger partial charge < -0.3 is 21.5 Å². The van der Waals surface area contributed by atoms with Crippen molar-refractivity contribution >= 4 is 23.6 Å². The lowest BCUT2D eigenvalue weighted by Crippen LogP contribution is -2.43. The van der Waals surface area contributed by atoms with Crippen molar-refractivity contribution < 1.29 is 19.5 Å². The number of nitrogens with two attached hydrogens (primary N) is 1. The number of carbonyl (C=O) groups is 3. The van der Waals surface area contributed by atoms with Gasteiger partial charge in [0.25, 0.3) is 0 Å². The van der Waals surface area contributed by atoms with E-state index in [1.807, 2.05) is 0 Å². The summed E-state index contributed by atoms with van der Waals surface area (Å²) in [6.45, 7) is 0. The average Bonchev–Trinajstić information content (AvgIpc) is 2.35. The molecule has 1 heterocycles. The van der Waals surface area contributed by atoms with E-state index >= 15 is 0 Å². The minimum absolute atomic E-state index is 0.0800. The number of nitrogens with one attached hydrogen (secondary N) is 2. The molecular weight excluding hydrogens is 254 g/mol. The number of anilines is 1. The second-order valence-electron chi connectivity index (χ2n) is 3.62. The van der Waals surface area contributed by atoms with Gasteiger partial charge in [-0.3, -0.25) is 4.79 Å². The molecule has 9 heteroatoms. The Labute approximate surface area is 108 Å². The van der Waals surface area contributed by atoms with Crippen molar-refractivity contribution in [2.24, 2.45) is 5.73 Å². The van der Waals surface area contributed by atoms with Gasteiger partial charge in [-0.25, -0.2) is 19.6 Å². The third-order valence-electron chi connectivity index (χ3n) is 2.10. The molecule has 0 spiro atoms. The third-order valence-corrected chi connectivity index (χ3v) is 2.10. The number of amides is 3. The monoisotopic (exact) mass is 267 g/mol. The smallest absolute Gasteiger partial charge is 0.326 e. The van der Waals surface area contributed by atoms with E-state index in [1.165, 1.54) is 18.7 Å². The highest BCUT2D eigenvalue weighted by atomic mass is 16.4. The maximum atomic E-state index is 11.5. The van der Waals surface area contributed by atoms with Crippen molar-refractivity contribution in [3.05, 3.63) is 18.7 Å². The zero-order chi connectivity index (χ0) is 14.3. The zero-order valence-corrected chi connectivity index (χ0v) is 9.87. The summed E-state index contributed by atoms with van der Waals surface area (Å²) in [7, 11) is 0. The summed E-state index contributed by atoms with van der Waals surface area (Å²) in [6, 6.07) is -1.93. The molecule has 0 aromatic carbocycles. The third kappa shape index (κ3) is 5.44. The second kappa shape index (κ2) is 6.89. The van der Waals surface area contributed by atoms with E-state index in [4.69, 9.17) is 10.8 Å². The number of aliphatic carboxylic acids is 1. The molecule has 102 valence electrons. The van der Waals surface area contributed by atoms with Gasteiger partial charge in [0, 0.05) is 6.42 Å². The summed E-state index contributed by atoms with van der Waals surface area (Å²) in [4.78, 5) is 40.3. The van der Waals surface area contributed by atoms with Crippen molar-refractivity contribution in [3.8, 4) is 0 Å². The van der Waals surface area contributed by atoms with Gasteiger partial charge in [-0.2, -0.15) is 0 Å². The van der Waals surface area contributed by atoms with E-state index in [1.54, 1.807) is 0 Å². The summed E-state index contributed by atoms with van der Waals surface area (Å²) in [6.07, 6.45) is 3.78. The fourth-order valence-corrected chi connectivity index (χ4v) is 1.23. The predicted octanol–water partition coefficient (Wildman–Crippen LogP) is -0.683. The van der Waals surface area contributed by atoms with Crippen molar-refractivity contribution in [2.75, 3.05) is 5.32 Å². The highest BCUT2D eigenvalue weighted by molar-refractivity contribution is 5.92. The molecule has 1 atom stereocenters. The number of primary amides is 1. The minimum Gasteiger partial charge on any atom is -0.480 e. The number of carbonyl (C=O) groups excluding carboxylic acids is 2. The van der Waals surface area contributed by atoms with Gasteiger partial charge >= 0.3 is 12.0 Å². The van der Waals surface area contributed by atoms with Gasteiger partial charge in [0.05, 0.1) is 18.1 Å². The molecular formula is C10H13N5O4. The zero-order valence-electron chi connectivity index (χ0n) is 9.87. The lowest BCUT2D eigenvalue weighted by molar-refractivity contribution is -0.139. The van der Waals surface area contributed by atoms with Crippen LogP contribution in [-0.2, 0) is 9.59 Å². The molecule has 0 aliphatic rings. The molecule has 1 aromatic heterocycles. The van der Waals surface area contributed by atoms with E-state index in [2.05, 4.69) is 20.6 Å². The summed E-state index contributed by atoms with van der Waals surface area (Å²) in [5.41, 5.74) is 5.24. The van der Waals surface area contributed by atoms with Gasteiger partial charge in [-0.15, -0.1) is 0 Å². The SMILES string of the molecule is NC(=O)CC[C@@H](NC(=O)Nc1cncnc1)C(=O)O. The standard InChI is InChI=1S/C10H13N5O4/c11-8(16)2-1-7(9(17)18)15-10(19)14-6-3-12-5-13-4-6/h3-5,7H,1-2H2,(H2,11,16)(H,17,18)(H2,14,15,19)/t7-/m1/s1. The maximum absolute atomic E-state index is 11.5. The number of carboxylic acids is 1. The lowest BCUT2D eigenvalue weighted by Gasteiger charge is -2.14. The molecule has 19 heavy (non-hydrogen) atoms. The van der Waals surface area contributed by atoms with Gasteiger partial charge in [0.15, 0.2) is 0 Å². The van der Waals surface area contributed by atoms with Crippen molar-refractivity contribution in [3.63, 3.8) is 0 Å². The van der Waals surface area contributed by atoms with Crippen LogP contribution in [0, 0.1) is 0 Å². The highest BCUT2D eigenvalue weighted by Crippen LogP contribution is 2.02. The molecule has 0 saturated carbocycles. The summed E-state index contributed by atoms with van der Waals surface area (Å²) >= 11 is 0. The number of nitrogens with zero attached hydrogens (tertiary/aromatic N) is 2. The quantitative estimate of drug-likeness (QED) is 0.536. The van der Waals surface area contributed by atoms with Crippen LogP contribution in [0.3, 0.4) is 0 Å². The van der Waals surface area contributed by atoms with E-state index in [0.717, 1.165) is 0 Å². The van der Waals surface area contributed by atoms with E-state index in [9.17, 15) is 14.4 Å². The normalized spacial score (nSPS) is 11.4. The first kappa shape index (κ1) is 14.4.